The molecule has 8 unspecified atom stereocenters. The molecule has 0 radical (unpaired) electrons. The van der Waals surface area contributed by atoms with Crippen molar-refractivity contribution in [2.24, 2.45) is 5.92 Å². The number of pyridine rings is 1. The lowest BCUT2D eigenvalue weighted by Gasteiger charge is -2.59. The van der Waals surface area contributed by atoms with Crippen molar-refractivity contribution in [2.45, 2.75) is 80.9 Å². The van der Waals surface area contributed by atoms with Crippen molar-refractivity contribution in [3.05, 3.63) is 77.8 Å². The van der Waals surface area contributed by atoms with E-state index in [9.17, 15) is 9.59 Å². The summed E-state index contributed by atoms with van der Waals surface area (Å²) in [4.78, 5) is 38.7. The number of aromatic nitrogens is 1. The molecule has 0 spiro atoms. The Morgan fingerprint density at radius 1 is 1.09 bits per heavy atom. The predicted octanol–water partition coefficient (Wildman–Crippen LogP) is 3.36. The molecule has 1 aromatic carbocycles. The van der Waals surface area contributed by atoms with Crippen LogP contribution in [0.3, 0.4) is 0 Å². The second-order valence-corrected chi connectivity index (χ2v) is 13.9. The molecule has 3 aliphatic heterocycles. The van der Waals surface area contributed by atoms with Gasteiger partial charge < -0.3 is 24.6 Å². The van der Waals surface area contributed by atoms with Gasteiger partial charge in [-0.05, 0) is 68.8 Å². The highest BCUT2D eigenvalue weighted by molar-refractivity contribution is 6.20. The van der Waals surface area contributed by atoms with Crippen molar-refractivity contribution < 1.29 is 23.5 Å². The Kier molecular flexibility index (Phi) is 10.00. The van der Waals surface area contributed by atoms with Gasteiger partial charge in [0, 0.05) is 57.1 Å². The molecule has 47 heavy (non-hydrogen) atoms. The first-order valence-electron chi connectivity index (χ1n) is 17.5. The van der Waals surface area contributed by atoms with Crippen LogP contribution in [0.25, 0.3) is 0 Å². The summed E-state index contributed by atoms with van der Waals surface area (Å²) in [5.74, 6) is -0.837. The van der Waals surface area contributed by atoms with E-state index >= 15 is 4.39 Å². The lowest BCUT2D eigenvalue weighted by Crippen LogP contribution is -2.73. The topological polar surface area (TPSA) is 87.2 Å². The van der Waals surface area contributed by atoms with Crippen molar-refractivity contribution >= 4 is 11.7 Å². The maximum absolute atomic E-state index is 16.2. The van der Waals surface area contributed by atoms with E-state index in [2.05, 4.69) is 44.4 Å². The first kappa shape index (κ1) is 32.4. The standard InChI is InChI=1S/C37H48FN5O4/c1-41(17-13-27-10-5-6-14-39-27)37(45)29-24-43-31-22-26(25-8-3-2-4-9-25)11-12-32(31)47-36-33(30(38)23-28(34(36)43)35(29)44)40-15-7-16-42-18-20-46-21-19-42/h2-6,8-10,14,24,26,28,30-34,36,40H,7,11-13,15-23H2,1H3. The summed E-state index contributed by atoms with van der Waals surface area (Å²) >= 11 is 0. The minimum absolute atomic E-state index is 0.00515. The van der Waals surface area contributed by atoms with Crippen molar-refractivity contribution in [3.63, 3.8) is 0 Å². The smallest absolute Gasteiger partial charge is 0.258 e. The van der Waals surface area contributed by atoms with E-state index in [1.165, 1.54) is 5.56 Å². The molecule has 8 atom stereocenters. The number of halogens is 1. The van der Waals surface area contributed by atoms with Gasteiger partial charge in [-0.1, -0.05) is 36.4 Å². The number of alkyl halides is 1. The summed E-state index contributed by atoms with van der Waals surface area (Å²) < 4.78 is 28.5. The Morgan fingerprint density at radius 3 is 2.68 bits per heavy atom. The van der Waals surface area contributed by atoms with E-state index in [4.69, 9.17) is 9.47 Å². The van der Waals surface area contributed by atoms with Crippen LogP contribution in [-0.2, 0) is 25.5 Å². The maximum Gasteiger partial charge on any atom is 0.258 e. The molecule has 252 valence electrons. The molecule has 1 amide bonds. The van der Waals surface area contributed by atoms with Gasteiger partial charge in [0.15, 0.2) is 5.78 Å². The average Bonchev–Trinajstić information content (AvgIpc) is 3.11. The highest BCUT2D eigenvalue weighted by atomic mass is 19.1. The Balaban J connectivity index is 1.12. The van der Waals surface area contributed by atoms with Crippen molar-refractivity contribution in [3.8, 4) is 0 Å². The average molecular weight is 646 g/mol. The number of ether oxygens (including phenoxy) is 2. The summed E-state index contributed by atoms with van der Waals surface area (Å²) in [6.07, 6.45) is 6.04. The molecule has 7 rings (SSSR count). The largest absolute Gasteiger partial charge is 0.379 e. The molecular formula is C37H48FN5O4. The molecular weight excluding hydrogens is 597 g/mol. The zero-order chi connectivity index (χ0) is 32.3. The molecule has 2 aliphatic carbocycles. The lowest BCUT2D eigenvalue weighted by atomic mass is 9.68. The lowest BCUT2D eigenvalue weighted by molar-refractivity contribution is -0.198. The van der Waals surface area contributed by atoms with Crippen LogP contribution in [-0.4, -0.2) is 121 Å². The number of hydrogen-bond donors (Lipinski definition) is 1. The Labute approximate surface area is 277 Å². The number of fused-ring (bicyclic) bond motifs is 2. The van der Waals surface area contributed by atoms with E-state index in [0.717, 1.165) is 64.2 Å². The van der Waals surface area contributed by atoms with E-state index in [1.54, 1.807) is 18.1 Å². The zero-order valence-corrected chi connectivity index (χ0v) is 27.4. The number of ketones is 1. The minimum atomic E-state index is -1.25. The SMILES string of the molecule is CN(CCc1ccccn1)C(=O)C1=CN2C3CC(c4ccccc4)CCC3OC3C(NCCCN4CCOCC4)C(F)CC(C1=O)C32. The molecule has 1 aromatic heterocycles. The first-order chi connectivity index (χ1) is 23.0. The maximum atomic E-state index is 16.2. The van der Waals surface area contributed by atoms with E-state index < -0.39 is 24.2 Å². The zero-order valence-electron chi connectivity index (χ0n) is 27.4. The molecule has 2 aromatic rings. The Bertz CT molecular complexity index is 1410. The molecule has 9 nitrogen and oxygen atoms in total. The number of benzene rings is 1. The predicted molar refractivity (Wildman–Crippen MR) is 176 cm³/mol. The second kappa shape index (κ2) is 14.5. The molecule has 4 fully saturated rings. The number of morpholine rings is 2. The van der Waals surface area contributed by atoms with Gasteiger partial charge in [0.25, 0.3) is 5.91 Å². The Morgan fingerprint density at radius 2 is 1.89 bits per heavy atom. The van der Waals surface area contributed by atoms with Gasteiger partial charge in [0.1, 0.15) is 6.17 Å². The Hall–Kier alpha value is -3.18. The summed E-state index contributed by atoms with van der Waals surface area (Å²) in [6, 6.07) is 15.5. The van der Waals surface area contributed by atoms with Crippen LogP contribution in [0.15, 0.2) is 66.5 Å². The van der Waals surface area contributed by atoms with Crippen molar-refractivity contribution in [1.29, 1.82) is 0 Å². The number of Topliss-reactive ketones (excluding diaryl/α,β-unsaturated/α-hetero) is 1. The number of likely N-dealkylation sites (N-methyl/N-ethyl adjacent to an activating group) is 1. The van der Waals surface area contributed by atoms with Gasteiger partial charge >= 0.3 is 0 Å². The highest BCUT2D eigenvalue weighted by Crippen LogP contribution is 2.48. The summed E-state index contributed by atoms with van der Waals surface area (Å²) in [5, 5.41) is 3.53. The van der Waals surface area contributed by atoms with Crippen LogP contribution in [0.1, 0.15) is 49.3 Å². The van der Waals surface area contributed by atoms with Gasteiger partial charge in [0.2, 0.25) is 0 Å². The van der Waals surface area contributed by atoms with Crippen LogP contribution >= 0.6 is 0 Å². The van der Waals surface area contributed by atoms with Gasteiger partial charge in [-0.25, -0.2) is 4.39 Å². The third-order valence-corrected chi connectivity index (χ3v) is 11.1. The van der Waals surface area contributed by atoms with Crippen molar-refractivity contribution in [1.82, 2.24) is 25.0 Å². The molecule has 10 heteroatoms. The van der Waals surface area contributed by atoms with Gasteiger partial charge in [0.05, 0.1) is 49.1 Å². The van der Waals surface area contributed by atoms with Gasteiger partial charge in [-0.3, -0.25) is 19.5 Å². The summed E-state index contributed by atoms with van der Waals surface area (Å²) in [5.41, 5.74) is 2.36. The summed E-state index contributed by atoms with van der Waals surface area (Å²) in [7, 11) is 1.73. The fraction of sp³-hybridized carbons (Fsp3) is 0.595. The molecule has 5 aliphatic rings. The number of carbonyl (C=O) groups excluding carboxylic acids is 2. The van der Waals surface area contributed by atoms with Crippen LogP contribution in [0.5, 0.6) is 0 Å². The third-order valence-electron chi connectivity index (χ3n) is 11.1. The van der Waals surface area contributed by atoms with E-state index in [0.29, 0.717) is 25.4 Å². The van der Waals surface area contributed by atoms with E-state index in [-0.39, 0.29) is 41.9 Å². The minimum Gasteiger partial charge on any atom is -0.379 e. The summed E-state index contributed by atoms with van der Waals surface area (Å²) in [6.45, 7) is 5.44. The third kappa shape index (κ3) is 6.88. The molecule has 2 saturated heterocycles. The number of nitrogens with zero attached hydrogens (tertiary/aromatic N) is 4. The molecule has 1 N–H and O–H groups in total. The fourth-order valence-electron chi connectivity index (χ4n) is 8.55. The molecule has 0 bridgehead atoms. The van der Waals surface area contributed by atoms with Crippen molar-refractivity contribution in [2.75, 3.05) is 53.0 Å². The van der Waals surface area contributed by atoms with E-state index in [1.807, 2.05) is 30.5 Å². The number of amides is 1. The van der Waals surface area contributed by atoms with Crippen LogP contribution < -0.4 is 5.32 Å². The van der Waals surface area contributed by atoms with Gasteiger partial charge in [-0.2, -0.15) is 0 Å². The van der Waals surface area contributed by atoms with Gasteiger partial charge in [-0.15, -0.1) is 0 Å². The number of hydrogen-bond acceptors (Lipinski definition) is 8. The monoisotopic (exact) mass is 645 g/mol. The second-order valence-electron chi connectivity index (χ2n) is 13.9. The quantitative estimate of drug-likeness (QED) is 0.311. The first-order valence-corrected chi connectivity index (χ1v) is 17.5. The fourth-order valence-corrected chi connectivity index (χ4v) is 8.55. The number of carbonyl (C=O) groups is 2. The molecule has 4 heterocycles. The van der Waals surface area contributed by atoms with Crippen LogP contribution in [0.4, 0.5) is 4.39 Å². The highest BCUT2D eigenvalue weighted by Gasteiger charge is 2.59. The molecule has 2 saturated carbocycles. The number of rotatable bonds is 10. The van der Waals surface area contributed by atoms with Crippen LogP contribution in [0.2, 0.25) is 0 Å². The van der Waals surface area contributed by atoms with Crippen LogP contribution in [0, 0.1) is 5.92 Å². The normalized spacial score (nSPS) is 32.3. The number of nitrogens with one attached hydrogen (secondary N) is 1.